The van der Waals surface area contributed by atoms with E-state index in [1.54, 1.807) is 0 Å². The topological polar surface area (TPSA) is 340 Å². The summed E-state index contributed by atoms with van der Waals surface area (Å²) in [6.45, 7) is 27.7. The average molecular weight is 2140 g/mol. The fourth-order valence-electron chi connectivity index (χ4n) is 16.0. The van der Waals surface area contributed by atoms with E-state index in [-0.39, 0.29) is 90.3 Å². The van der Waals surface area contributed by atoms with E-state index in [1.807, 2.05) is 84.9 Å². The van der Waals surface area contributed by atoms with E-state index in [0.717, 1.165) is 151 Å². The molecule has 3 fully saturated rings. The Morgan fingerprint density at radius 2 is 0.846 bits per heavy atom. The normalized spacial score (nSPS) is 19.5. The molecule has 0 amide bonds. The first-order valence-electron chi connectivity index (χ1n) is 41.4. The van der Waals surface area contributed by atoms with E-state index in [1.165, 1.54) is 68.1 Å². The second-order valence-electron chi connectivity index (χ2n) is 33.4. The first-order chi connectivity index (χ1) is 56.9. The molecule has 15 rings (SSSR count). The summed E-state index contributed by atoms with van der Waals surface area (Å²) in [6.07, 6.45) is 15.9. The summed E-state index contributed by atoms with van der Waals surface area (Å²) in [7, 11) is 0. The van der Waals surface area contributed by atoms with Crippen molar-refractivity contribution in [2.24, 2.45) is 79.6 Å². The molecule has 9 aromatic rings. The Labute approximate surface area is 816 Å². The van der Waals surface area contributed by atoms with Gasteiger partial charge in [0.05, 0.1) is 35.1 Å². The molecular formula is C94H122Br6Cl3N10NaO9. The third-order valence-corrected chi connectivity index (χ3v) is 26.1. The van der Waals surface area contributed by atoms with Crippen LogP contribution in [0.15, 0.2) is 181 Å². The maximum atomic E-state index is 12.1. The summed E-state index contributed by atoms with van der Waals surface area (Å²) in [5.41, 5.74) is 35.7. The minimum atomic E-state index is -1.08. The van der Waals surface area contributed by atoms with Crippen molar-refractivity contribution in [1.82, 2.24) is 15.0 Å². The minimum absolute atomic E-state index is 0. The number of fused-ring (bicyclic) bond motifs is 9. The van der Waals surface area contributed by atoms with Gasteiger partial charge >= 0.3 is 29.6 Å². The molecule has 19 nitrogen and oxygen atoms in total. The molecule has 123 heavy (non-hydrogen) atoms. The Balaban J connectivity index is 0.000000363. The zero-order valence-electron chi connectivity index (χ0n) is 73.0. The van der Waals surface area contributed by atoms with Gasteiger partial charge in [-0.3, -0.25) is 29.4 Å². The van der Waals surface area contributed by atoms with E-state index in [0.29, 0.717) is 95.5 Å². The average Bonchev–Trinajstić information content (AvgIpc) is 1.62. The second kappa shape index (κ2) is 56.2. The number of aliphatic carboxylic acids is 1. The van der Waals surface area contributed by atoms with Crippen LogP contribution in [0.4, 0.5) is 17.1 Å². The third-order valence-electron chi connectivity index (χ3n) is 23.0. The molecule has 666 valence electrons. The van der Waals surface area contributed by atoms with Crippen molar-refractivity contribution in [1.29, 1.82) is 0 Å². The summed E-state index contributed by atoms with van der Waals surface area (Å²) < 4.78 is 9.56. The number of halogens is 9. The number of hydrogen-bond donors (Lipinski definition) is 9. The van der Waals surface area contributed by atoms with Crippen LogP contribution in [0, 0.1) is 53.3 Å². The molecule has 6 aliphatic carbocycles. The number of carbonyl (C=O) groups excluding carboxylic acids is 5. The number of carbonyl (C=O) groups is 6. The number of nitrogens with one attached hydrogen (secondary N) is 4. The van der Waals surface area contributed by atoms with Crippen molar-refractivity contribution in [3.05, 3.63) is 200 Å². The maximum absolute atomic E-state index is 12.1. The molecule has 0 radical (unpaired) electrons. The molecule has 12 N–H and O–H groups in total. The number of ketones is 4. The molecule has 0 spiro atoms. The number of hydrogen-bond acceptors (Lipinski definition) is 15. The Bertz CT molecular complexity index is 4780. The summed E-state index contributed by atoms with van der Waals surface area (Å²) in [5, 5.41) is 36.4. The molecule has 29 heteroatoms. The Hall–Kier alpha value is -5.36. The fourth-order valence-corrected chi connectivity index (χ4v) is 18.0. The van der Waals surface area contributed by atoms with Gasteiger partial charge in [-0.1, -0.05) is 183 Å². The van der Waals surface area contributed by atoms with Gasteiger partial charge in [-0.15, -0.1) is 29.9 Å². The predicted molar refractivity (Wildman–Crippen MR) is 526 cm³/mol. The van der Waals surface area contributed by atoms with Crippen LogP contribution >= 0.6 is 132 Å². The minimum Gasteiger partial charge on any atom is -0.550 e. The molecule has 0 aliphatic heterocycles. The second-order valence-corrected chi connectivity index (χ2v) is 39.0. The van der Waals surface area contributed by atoms with E-state index >= 15 is 0 Å². The molecule has 0 saturated heterocycles. The van der Waals surface area contributed by atoms with Gasteiger partial charge in [-0.05, 0) is 293 Å². The number of nitrogens with zero attached hydrogens (tertiary/aromatic N) is 3. The van der Waals surface area contributed by atoms with Gasteiger partial charge in [-0.2, -0.15) is 5.10 Å². The van der Waals surface area contributed by atoms with Gasteiger partial charge < -0.3 is 52.3 Å². The monoisotopic (exact) mass is 2140 g/mol. The van der Waals surface area contributed by atoms with Gasteiger partial charge in [-0.25, -0.2) is 0 Å². The summed E-state index contributed by atoms with van der Waals surface area (Å²) in [6, 6.07) is 42.1. The quantitative estimate of drug-likeness (QED) is 0.0124. The van der Waals surface area contributed by atoms with Crippen molar-refractivity contribution >= 4 is 223 Å². The van der Waals surface area contributed by atoms with Gasteiger partial charge in [0.15, 0.2) is 17.3 Å². The molecule has 3 aromatic heterocycles. The van der Waals surface area contributed by atoms with Gasteiger partial charge in [0.2, 0.25) is 0 Å². The van der Waals surface area contributed by atoms with Crippen LogP contribution in [0.5, 0.6) is 0 Å². The molecule has 0 bridgehead atoms. The van der Waals surface area contributed by atoms with E-state index in [2.05, 4.69) is 256 Å². The van der Waals surface area contributed by atoms with Crippen LogP contribution in [0.2, 0.25) is 0 Å². The van der Waals surface area contributed by atoms with Gasteiger partial charge in [0.25, 0.3) is 6.47 Å². The zero-order valence-corrected chi connectivity index (χ0v) is 86.9. The van der Waals surface area contributed by atoms with Crippen molar-refractivity contribution in [2.45, 2.75) is 223 Å². The third kappa shape index (κ3) is 35.2. The number of aromatic nitrogens is 3. The number of allylic oxidation sites excluding steroid dienone is 1. The number of aliphatic hydroxyl groups is 1. The van der Waals surface area contributed by atoms with Crippen LogP contribution < -0.4 is 57.3 Å². The van der Waals surface area contributed by atoms with Crippen LogP contribution in [0.25, 0.3) is 32.7 Å². The number of carboxylic acid groups (broad SMARTS) is 2. The number of Topliss-reactive ketones (excluding diaryl/α,β-unsaturated/α-hetero) is 4. The number of nitrogens with two attached hydrogens (primary N) is 3. The summed E-state index contributed by atoms with van der Waals surface area (Å²) >= 11 is 25.7. The summed E-state index contributed by atoms with van der Waals surface area (Å²) in [5.74, 6) is 7.51. The van der Waals surface area contributed by atoms with E-state index < -0.39 is 5.97 Å². The van der Waals surface area contributed by atoms with E-state index in [4.69, 9.17) is 53.9 Å². The van der Waals surface area contributed by atoms with Crippen LogP contribution in [0.3, 0.4) is 0 Å². The number of benzene rings is 6. The zero-order chi connectivity index (χ0) is 88.8. The molecule has 7 atom stereocenters. The Morgan fingerprint density at radius 1 is 0.488 bits per heavy atom. The van der Waals surface area contributed by atoms with Crippen molar-refractivity contribution in [2.75, 3.05) is 11.2 Å². The molecule has 3 heterocycles. The first-order valence-corrected chi connectivity index (χ1v) is 46.5. The van der Waals surface area contributed by atoms with Gasteiger partial charge in [0, 0.05) is 132 Å². The largest absolute Gasteiger partial charge is 1.00 e. The smallest absolute Gasteiger partial charge is 0.550 e. The van der Waals surface area contributed by atoms with Crippen molar-refractivity contribution in [3.63, 3.8) is 0 Å². The number of aromatic amines is 3. The standard InChI is InChI=1S/C15H19BrN2O.2C15H19BrN2.C15H16BrNO.C10H16O2.C9H16O.C6H4BrClN2.C6H6BrN.C2H4O2.CH2O2.2ClH.Na/c1-10(2)11-3-8-15(19)14(9-11)18-17-13-6-4-12(16)5-7-13;2*1-8(2)10-4-5-12(17)15-14(10)11-7-9(16)3-6-13(11)18-15;1-8(2)10-4-6-13(18)15-14(10)11-7-9(16)3-5-12(11)17-15;1-7(2)8-3-4-10(12)9(5-8)6-11;1-7(2)8-3-5-9(10)6-4-8;7-5-1-3-6(4-2-5)9-10-8;7-5-1-3-6(8)4-2-5;1-2(3)4;2-1-3;;;/h4-7,10-11,17H,3,8-9H2,1-2H3;2*3,6-8,10,12,18H,4-5,17H2,1-2H3;3,5,7-8,10,17H,4,6H2,1-2H3;6-8,11H,3-5H2,1-2H3;7-8H,3-6H2,1-2H3;1-4H;1-4H,8H2;1H3,(H,3,4);1H,(H,2,3);2*1H;/q;;;;;;;;;;;;+1/p-1/b18-14+;;;;9-6+;;;;;;;;. The first kappa shape index (κ1) is 112. The number of hydrazone groups is 1. The predicted octanol–water partition coefficient (Wildman–Crippen LogP) is 24.7. The van der Waals surface area contributed by atoms with E-state index in [9.17, 15) is 19.2 Å². The Morgan fingerprint density at radius 3 is 1.24 bits per heavy atom. The molecule has 7 unspecified atom stereocenters. The van der Waals surface area contributed by atoms with Crippen molar-refractivity contribution < 1.29 is 73.6 Å². The number of H-pyrrole nitrogens is 3. The SMILES string of the molecule is CC(=O)[O-].CC(C)C1CCC(=O)/C(=C/O)C1.CC(C)C1CCC(=O)/C(=N/Nc2ccc(Br)cc2)C1.CC(C)C1CCC(=O)CC1.CC(C)C1CCC(=O)c2[nH]c3ccc(Br)cc3c21.CC(C)C1CCC(N)c2[nH]c3ccc(Br)cc3c21.CC(C)C1CCC(N)c2[nH]c3ccc(Br)cc3c21.Cl.Cl.ClN=Nc1ccc(Br)cc1.Nc1ccc(Br)cc1.O=CO.[Na+]. The van der Waals surface area contributed by atoms with Crippen LogP contribution in [0.1, 0.15) is 261 Å². The molecule has 6 aliphatic rings. The molecule has 3 saturated carbocycles. The van der Waals surface area contributed by atoms with Crippen LogP contribution in [-0.4, -0.2) is 66.5 Å². The molecular weight excluding hydrogens is 2020 g/mol. The number of rotatable bonds is 9. The van der Waals surface area contributed by atoms with Gasteiger partial charge in [0.1, 0.15) is 11.5 Å². The number of carboxylic acids is 1. The summed E-state index contributed by atoms with van der Waals surface area (Å²) in [4.78, 5) is 73.5. The maximum Gasteiger partial charge on any atom is 1.00 e. The Kier molecular flexibility index (Phi) is 51.1. The fraction of sp³-hybridized carbons (Fsp3) is 0.457. The number of anilines is 2. The van der Waals surface area contributed by atoms with Crippen molar-refractivity contribution in [3.8, 4) is 0 Å². The van der Waals surface area contributed by atoms with Crippen LogP contribution in [-0.2, 0) is 24.0 Å². The molecule has 6 aromatic carbocycles. The number of aliphatic hydroxyl groups excluding tert-OH is 1. The number of nitrogen functional groups attached to an aromatic ring is 1.